The van der Waals surface area contributed by atoms with E-state index < -0.39 is 0 Å². The van der Waals surface area contributed by atoms with Gasteiger partial charge in [-0.15, -0.1) is 0 Å². The molecule has 1 fully saturated rings. The van der Waals surface area contributed by atoms with Crippen molar-refractivity contribution in [3.8, 4) is 5.75 Å². The molecule has 1 aromatic carbocycles. The number of benzene rings is 1. The Kier molecular flexibility index (Phi) is 5.23. The lowest BCUT2D eigenvalue weighted by Crippen LogP contribution is -2.42. The second-order valence-electron chi connectivity index (χ2n) is 5.61. The molecule has 3 unspecified atom stereocenters. The van der Waals surface area contributed by atoms with E-state index in [1.807, 2.05) is 12.1 Å². The third-order valence-corrected chi connectivity index (χ3v) is 3.87. The predicted molar refractivity (Wildman–Crippen MR) is 77.5 cm³/mol. The van der Waals surface area contributed by atoms with Crippen LogP contribution in [-0.4, -0.2) is 29.9 Å². The smallest absolute Gasteiger partial charge is 0.115 e. The van der Waals surface area contributed by atoms with Crippen molar-refractivity contribution in [1.82, 2.24) is 5.32 Å². The molecule has 1 aromatic rings. The number of phenolic OH excluding ortho intramolecular Hbond substituents is 1. The number of aryl methyl sites for hydroxylation is 1. The topological polar surface area (TPSA) is 41.5 Å². The van der Waals surface area contributed by atoms with Crippen LogP contribution in [0.15, 0.2) is 24.3 Å². The van der Waals surface area contributed by atoms with Gasteiger partial charge in [0, 0.05) is 18.7 Å². The molecule has 3 nitrogen and oxygen atoms in total. The van der Waals surface area contributed by atoms with E-state index >= 15 is 0 Å². The monoisotopic (exact) mass is 263 g/mol. The van der Waals surface area contributed by atoms with Crippen LogP contribution in [0.1, 0.15) is 38.7 Å². The van der Waals surface area contributed by atoms with Gasteiger partial charge in [-0.2, -0.15) is 0 Å². The van der Waals surface area contributed by atoms with Gasteiger partial charge in [0.2, 0.25) is 0 Å². The summed E-state index contributed by atoms with van der Waals surface area (Å²) in [5.74, 6) is 0.335. The molecule has 0 saturated carbocycles. The summed E-state index contributed by atoms with van der Waals surface area (Å²) < 4.78 is 5.70. The van der Waals surface area contributed by atoms with Crippen molar-refractivity contribution in [2.75, 3.05) is 6.61 Å². The number of rotatable bonds is 6. The average Bonchev–Trinajstić information content (AvgIpc) is 2.92. The minimum Gasteiger partial charge on any atom is -0.508 e. The fourth-order valence-corrected chi connectivity index (χ4v) is 2.68. The van der Waals surface area contributed by atoms with E-state index in [1.165, 1.54) is 18.4 Å². The Labute approximate surface area is 116 Å². The van der Waals surface area contributed by atoms with Crippen molar-refractivity contribution >= 4 is 0 Å². The zero-order chi connectivity index (χ0) is 13.7. The van der Waals surface area contributed by atoms with Crippen LogP contribution >= 0.6 is 0 Å². The summed E-state index contributed by atoms with van der Waals surface area (Å²) in [7, 11) is 0. The lowest BCUT2D eigenvalue weighted by molar-refractivity contribution is 0.0800. The van der Waals surface area contributed by atoms with Crippen molar-refractivity contribution in [2.24, 2.45) is 0 Å². The highest BCUT2D eigenvalue weighted by molar-refractivity contribution is 5.25. The van der Waals surface area contributed by atoms with Crippen molar-refractivity contribution < 1.29 is 9.84 Å². The minimum atomic E-state index is 0.335. The Hall–Kier alpha value is -1.06. The first-order valence-electron chi connectivity index (χ1n) is 7.30. The molecule has 1 aliphatic rings. The SMILES string of the molecule is CC(CCc1ccc(O)cc1)NC(C)C1CCCO1. The van der Waals surface area contributed by atoms with Crippen LogP contribution in [0.25, 0.3) is 0 Å². The van der Waals surface area contributed by atoms with Gasteiger partial charge >= 0.3 is 0 Å². The summed E-state index contributed by atoms with van der Waals surface area (Å²) >= 11 is 0. The Balaban J connectivity index is 1.71. The fraction of sp³-hybridized carbons (Fsp3) is 0.625. The van der Waals surface area contributed by atoms with Gasteiger partial charge < -0.3 is 15.2 Å². The number of hydrogen-bond acceptors (Lipinski definition) is 3. The van der Waals surface area contributed by atoms with Crippen molar-refractivity contribution in [3.05, 3.63) is 29.8 Å². The van der Waals surface area contributed by atoms with Crippen molar-refractivity contribution in [2.45, 2.75) is 57.7 Å². The number of phenols is 1. The molecule has 106 valence electrons. The van der Waals surface area contributed by atoms with E-state index in [9.17, 15) is 5.11 Å². The molecule has 19 heavy (non-hydrogen) atoms. The van der Waals surface area contributed by atoms with Gasteiger partial charge in [-0.3, -0.25) is 0 Å². The molecule has 0 bridgehead atoms. The predicted octanol–water partition coefficient (Wildman–Crippen LogP) is 2.87. The van der Waals surface area contributed by atoms with Crippen molar-refractivity contribution in [1.29, 1.82) is 0 Å². The lowest BCUT2D eigenvalue weighted by atomic mass is 10.0. The van der Waals surface area contributed by atoms with Crippen molar-refractivity contribution in [3.63, 3.8) is 0 Å². The third-order valence-electron chi connectivity index (χ3n) is 3.87. The maximum absolute atomic E-state index is 9.25. The molecule has 1 heterocycles. The summed E-state index contributed by atoms with van der Waals surface area (Å²) in [5.41, 5.74) is 1.27. The van der Waals surface area contributed by atoms with Crippen LogP contribution in [0.3, 0.4) is 0 Å². The van der Waals surface area contributed by atoms with Crippen LogP contribution in [0, 0.1) is 0 Å². The summed E-state index contributed by atoms with van der Waals surface area (Å²) in [6, 6.07) is 8.40. The molecular weight excluding hydrogens is 238 g/mol. The van der Waals surface area contributed by atoms with Gasteiger partial charge in [0.05, 0.1) is 6.10 Å². The van der Waals surface area contributed by atoms with Crippen LogP contribution in [-0.2, 0) is 11.2 Å². The van der Waals surface area contributed by atoms with E-state index in [0.29, 0.717) is 23.9 Å². The number of nitrogens with one attached hydrogen (secondary N) is 1. The van der Waals surface area contributed by atoms with E-state index in [0.717, 1.165) is 19.4 Å². The van der Waals surface area contributed by atoms with Gasteiger partial charge in [-0.25, -0.2) is 0 Å². The van der Waals surface area contributed by atoms with Gasteiger partial charge in [-0.1, -0.05) is 12.1 Å². The first kappa shape index (κ1) is 14.4. The molecule has 0 aromatic heterocycles. The maximum atomic E-state index is 9.25. The highest BCUT2D eigenvalue weighted by Gasteiger charge is 2.23. The summed E-state index contributed by atoms with van der Waals surface area (Å²) in [6.07, 6.45) is 4.89. The van der Waals surface area contributed by atoms with Gasteiger partial charge in [0.1, 0.15) is 5.75 Å². The van der Waals surface area contributed by atoms with E-state index in [-0.39, 0.29) is 0 Å². The molecule has 0 radical (unpaired) electrons. The molecular formula is C16H25NO2. The second-order valence-corrected chi connectivity index (χ2v) is 5.61. The maximum Gasteiger partial charge on any atom is 0.115 e. The number of aromatic hydroxyl groups is 1. The normalized spacial score (nSPS) is 22.3. The first-order chi connectivity index (χ1) is 9.15. The van der Waals surface area contributed by atoms with E-state index in [1.54, 1.807) is 12.1 Å². The Bertz CT molecular complexity index is 371. The first-order valence-corrected chi connectivity index (χ1v) is 7.30. The van der Waals surface area contributed by atoms with E-state index in [2.05, 4.69) is 19.2 Å². The largest absolute Gasteiger partial charge is 0.508 e. The molecule has 1 aliphatic heterocycles. The Morgan fingerprint density at radius 3 is 2.68 bits per heavy atom. The third kappa shape index (κ3) is 4.51. The van der Waals surface area contributed by atoms with Gasteiger partial charge in [0.25, 0.3) is 0 Å². The average molecular weight is 263 g/mol. The summed E-state index contributed by atoms with van der Waals surface area (Å²) in [5, 5.41) is 12.9. The molecule has 0 amide bonds. The fourth-order valence-electron chi connectivity index (χ4n) is 2.68. The highest BCUT2D eigenvalue weighted by Crippen LogP contribution is 2.17. The zero-order valence-electron chi connectivity index (χ0n) is 11.9. The Morgan fingerprint density at radius 2 is 2.05 bits per heavy atom. The molecule has 1 saturated heterocycles. The highest BCUT2D eigenvalue weighted by atomic mass is 16.5. The van der Waals surface area contributed by atoms with Crippen LogP contribution in [0.2, 0.25) is 0 Å². The molecule has 2 N–H and O–H groups in total. The summed E-state index contributed by atoms with van der Waals surface area (Å²) in [6.45, 7) is 5.36. The Morgan fingerprint density at radius 1 is 1.32 bits per heavy atom. The number of hydrogen-bond donors (Lipinski definition) is 2. The summed E-state index contributed by atoms with van der Waals surface area (Å²) in [4.78, 5) is 0. The zero-order valence-corrected chi connectivity index (χ0v) is 11.9. The lowest BCUT2D eigenvalue weighted by Gasteiger charge is -2.24. The molecule has 3 atom stereocenters. The molecule has 0 aliphatic carbocycles. The minimum absolute atomic E-state index is 0.335. The van der Waals surface area contributed by atoms with Gasteiger partial charge in [-0.05, 0) is 57.2 Å². The molecule has 3 heteroatoms. The molecule has 0 spiro atoms. The number of ether oxygens (including phenoxy) is 1. The van der Waals surface area contributed by atoms with Crippen LogP contribution in [0.5, 0.6) is 5.75 Å². The van der Waals surface area contributed by atoms with E-state index in [4.69, 9.17) is 4.74 Å². The quantitative estimate of drug-likeness (QED) is 0.829. The standard InChI is InChI=1S/C16H25NO2/c1-12(17-13(2)16-4-3-11-19-16)5-6-14-7-9-15(18)10-8-14/h7-10,12-13,16-18H,3-6,11H2,1-2H3. The van der Waals surface area contributed by atoms with Crippen LogP contribution in [0.4, 0.5) is 0 Å². The molecule has 2 rings (SSSR count). The van der Waals surface area contributed by atoms with Gasteiger partial charge in [0.15, 0.2) is 0 Å². The second kappa shape index (κ2) is 6.92. The van der Waals surface area contributed by atoms with Crippen LogP contribution < -0.4 is 5.32 Å².